The highest BCUT2D eigenvalue weighted by Crippen LogP contribution is 2.26. The average molecular weight is 330 g/mol. The van der Waals surface area contributed by atoms with Crippen molar-refractivity contribution in [1.82, 2.24) is 15.2 Å². The van der Waals surface area contributed by atoms with Crippen LogP contribution in [0.5, 0.6) is 0 Å². The van der Waals surface area contributed by atoms with Crippen LogP contribution in [0.3, 0.4) is 0 Å². The number of hydrogen-bond acceptors (Lipinski definition) is 5. The molecule has 1 fully saturated rings. The van der Waals surface area contributed by atoms with Crippen LogP contribution in [0, 0.1) is 5.92 Å². The minimum atomic E-state index is 0.102. The van der Waals surface area contributed by atoms with Gasteiger partial charge in [-0.15, -0.1) is 0 Å². The first kappa shape index (κ1) is 16.8. The van der Waals surface area contributed by atoms with Crippen molar-refractivity contribution in [3.05, 3.63) is 24.3 Å². The maximum absolute atomic E-state index is 12.2. The van der Waals surface area contributed by atoms with E-state index in [1.165, 1.54) is 0 Å². The van der Waals surface area contributed by atoms with Crippen LogP contribution in [-0.2, 0) is 4.79 Å². The lowest BCUT2D eigenvalue weighted by Crippen LogP contribution is -2.41. The van der Waals surface area contributed by atoms with Gasteiger partial charge in [0.2, 0.25) is 5.91 Å². The van der Waals surface area contributed by atoms with Crippen LogP contribution < -0.4 is 10.2 Å². The van der Waals surface area contributed by atoms with E-state index in [-0.39, 0.29) is 11.8 Å². The van der Waals surface area contributed by atoms with Crippen molar-refractivity contribution in [1.29, 1.82) is 0 Å². The molecule has 130 valence electrons. The second-order valence-electron chi connectivity index (χ2n) is 6.67. The molecule has 1 aromatic heterocycles. The van der Waals surface area contributed by atoms with Gasteiger partial charge in [-0.3, -0.25) is 4.79 Å². The van der Waals surface area contributed by atoms with Crippen LogP contribution in [0.1, 0.15) is 19.3 Å². The van der Waals surface area contributed by atoms with Crippen LogP contribution >= 0.6 is 0 Å². The smallest absolute Gasteiger partial charge is 0.298 e. The zero-order valence-corrected chi connectivity index (χ0v) is 14.5. The number of aromatic nitrogens is 1. The molecule has 0 bridgehead atoms. The standard InChI is InChI=1S/C18H26N4O2/c1-21(2)11-5-10-19-17(23)14-8-12-22(13-9-14)18-20-15-6-3-4-7-16(15)24-18/h3-4,6-7,14H,5,8-13H2,1-2H3,(H,19,23). The van der Waals surface area contributed by atoms with E-state index in [0.29, 0.717) is 6.01 Å². The molecular weight excluding hydrogens is 304 g/mol. The van der Waals surface area contributed by atoms with E-state index in [4.69, 9.17) is 4.42 Å². The van der Waals surface area contributed by atoms with Crippen LogP contribution in [-0.4, -0.2) is 56.1 Å². The second kappa shape index (κ2) is 7.66. The summed E-state index contributed by atoms with van der Waals surface area (Å²) in [5.41, 5.74) is 1.70. The van der Waals surface area contributed by atoms with Crippen LogP contribution in [0.2, 0.25) is 0 Å². The monoisotopic (exact) mass is 330 g/mol. The average Bonchev–Trinajstić information content (AvgIpc) is 3.02. The van der Waals surface area contributed by atoms with Crippen LogP contribution in [0.25, 0.3) is 11.1 Å². The first-order chi connectivity index (χ1) is 11.6. The first-order valence-electron chi connectivity index (χ1n) is 8.66. The van der Waals surface area contributed by atoms with Gasteiger partial charge >= 0.3 is 0 Å². The largest absolute Gasteiger partial charge is 0.423 e. The fourth-order valence-electron chi connectivity index (χ4n) is 3.08. The quantitative estimate of drug-likeness (QED) is 0.822. The number of amides is 1. The van der Waals surface area contributed by atoms with Gasteiger partial charge in [0.1, 0.15) is 5.52 Å². The molecule has 1 aliphatic heterocycles. The van der Waals surface area contributed by atoms with Crippen molar-refractivity contribution in [3.63, 3.8) is 0 Å². The highest BCUT2D eigenvalue weighted by atomic mass is 16.4. The number of piperidine rings is 1. The Kier molecular flexibility index (Phi) is 5.35. The Labute approximate surface area is 142 Å². The lowest BCUT2D eigenvalue weighted by Gasteiger charge is -2.30. The van der Waals surface area contributed by atoms with E-state index in [0.717, 1.165) is 56.5 Å². The van der Waals surface area contributed by atoms with Crippen molar-refractivity contribution >= 4 is 23.0 Å². The molecule has 0 spiro atoms. The molecule has 24 heavy (non-hydrogen) atoms. The number of fused-ring (bicyclic) bond motifs is 1. The molecule has 3 rings (SSSR count). The number of hydrogen-bond donors (Lipinski definition) is 1. The number of anilines is 1. The molecule has 2 heterocycles. The van der Waals surface area contributed by atoms with Gasteiger partial charge in [0.15, 0.2) is 5.58 Å². The molecule has 0 aliphatic carbocycles. The van der Waals surface area contributed by atoms with Gasteiger partial charge in [0.05, 0.1) is 0 Å². The van der Waals surface area contributed by atoms with Gasteiger partial charge in [0, 0.05) is 25.6 Å². The Morgan fingerprint density at radius 1 is 1.33 bits per heavy atom. The fraction of sp³-hybridized carbons (Fsp3) is 0.556. The summed E-state index contributed by atoms with van der Waals surface area (Å²) in [6, 6.07) is 8.46. The van der Waals surface area contributed by atoms with Crippen molar-refractivity contribution in [2.75, 3.05) is 45.2 Å². The third-order valence-corrected chi connectivity index (χ3v) is 4.50. The number of nitrogens with one attached hydrogen (secondary N) is 1. The predicted octanol–water partition coefficient (Wildman–Crippen LogP) is 2.11. The first-order valence-corrected chi connectivity index (χ1v) is 8.66. The number of rotatable bonds is 6. The Balaban J connectivity index is 1.47. The van der Waals surface area contributed by atoms with Crippen molar-refractivity contribution in [3.8, 4) is 0 Å². The minimum absolute atomic E-state index is 0.102. The molecule has 0 unspecified atom stereocenters. The molecule has 1 amide bonds. The SMILES string of the molecule is CN(C)CCCNC(=O)C1CCN(c2nc3ccccc3o2)CC1. The van der Waals surface area contributed by atoms with Gasteiger partial charge < -0.3 is 19.5 Å². The molecule has 0 saturated carbocycles. The summed E-state index contributed by atoms with van der Waals surface area (Å²) in [4.78, 5) is 21.0. The summed E-state index contributed by atoms with van der Waals surface area (Å²) in [5.74, 6) is 0.288. The minimum Gasteiger partial charge on any atom is -0.423 e. The normalized spacial score (nSPS) is 16.0. The molecule has 6 heteroatoms. The van der Waals surface area contributed by atoms with Crippen molar-refractivity contribution in [2.45, 2.75) is 19.3 Å². The molecule has 1 aromatic carbocycles. The Morgan fingerprint density at radius 3 is 2.79 bits per heavy atom. The highest BCUT2D eigenvalue weighted by Gasteiger charge is 2.26. The maximum Gasteiger partial charge on any atom is 0.298 e. The van der Waals surface area contributed by atoms with Gasteiger partial charge in [0.25, 0.3) is 6.01 Å². The van der Waals surface area contributed by atoms with Gasteiger partial charge in [-0.05, 0) is 52.0 Å². The molecule has 6 nitrogen and oxygen atoms in total. The van der Waals surface area contributed by atoms with Crippen molar-refractivity contribution < 1.29 is 9.21 Å². The Bertz CT molecular complexity index is 641. The van der Waals surface area contributed by atoms with Crippen LogP contribution in [0.15, 0.2) is 28.7 Å². The molecule has 1 N–H and O–H groups in total. The lowest BCUT2D eigenvalue weighted by atomic mass is 9.96. The third-order valence-electron chi connectivity index (χ3n) is 4.50. The number of carbonyl (C=O) groups is 1. The van der Waals surface area contributed by atoms with Gasteiger partial charge in [-0.2, -0.15) is 4.98 Å². The fourth-order valence-corrected chi connectivity index (χ4v) is 3.08. The summed E-state index contributed by atoms with van der Waals surface area (Å²) >= 11 is 0. The van der Waals surface area contributed by atoms with E-state index < -0.39 is 0 Å². The van der Waals surface area contributed by atoms with Gasteiger partial charge in [-0.1, -0.05) is 12.1 Å². The maximum atomic E-state index is 12.2. The van der Waals surface area contributed by atoms with Gasteiger partial charge in [-0.25, -0.2) is 0 Å². The summed E-state index contributed by atoms with van der Waals surface area (Å²) in [7, 11) is 4.09. The van der Waals surface area contributed by atoms with Crippen molar-refractivity contribution in [2.24, 2.45) is 5.92 Å². The van der Waals surface area contributed by atoms with E-state index >= 15 is 0 Å². The number of oxazole rings is 1. The molecule has 0 atom stereocenters. The lowest BCUT2D eigenvalue weighted by molar-refractivity contribution is -0.125. The number of benzene rings is 1. The molecular formula is C18H26N4O2. The predicted molar refractivity (Wildman–Crippen MR) is 95.1 cm³/mol. The number of para-hydroxylation sites is 2. The highest BCUT2D eigenvalue weighted by molar-refractivity contribution is 5.79. The van der Waals surface area contributed by atoms with E-state index in [1.807, 2.05) is 38.4 Å². The zero-order chi connectivity index (χ0) is 16.9. The number of carbonyl (C=O) groups excluding carboxylic acids is 1. The molecule has 1 saturated heterocycles. The Morgan fingerprint density at radius 2 is 2.08 bits per heavy atom. The number of nitrogens with zero attached hydrogens (tertiary/aromatic N) is 3. The zero-order valence-electron chi connectivity index (χ0n) is 14.5. The topological polar surface area (TPSA) is 61.6 Å². The molecule has 0 radical (unpaired) electrons. The molecule has 1 aliphatic rings. The Hall–Kier alpha value is -2.08. The summed E-state index contributed by atoms with van der Waals surface area (Å²) < 4.78 is 5.81. The summed E-state index contributed by atoms with van der Waals surface area (Å²) in [6.07, 6.45) is 2.68. The van der Waals surface area contributed by atoms with E-state index in [9.17, 15) is 4.79 Å². The van der Waals surface area contributed by atoms with E-state index in [2.05, 4.69) is 20.1 Å². The summed E-state index contributed by atoms with van der Waals surface area (Å²) in [6.45, 7) is 3.37. The summed E-state index contributed by atoms with van der Waals surface area (Å²) in [5, 5.41) is 3.06. The molecule has 2 aromatic rings. The second-order valence-corrected chi connectivity index (χ2v) is 6.67. The third kappa shape index (κ3) is 4.06. The van der Waals surface area contributed by atoms with Crippen LogP contribution in [0.4, 0.5) is 6.01 Å². The van der Waals surface area contributed by atoms with E-state index in [1.54, 1.807) is 0 Å².